The van der Waals surface area contributed by atoms with Gasteiger partial charge in [-0.2, -0.15) is 0 Å². The van der Waals surface area contributed by atoms with Gasteiger partial charge in [-0.15, -0.1) is 0 Å². The summed E-state index contributed by atoms with van der Waals surface area (Å²) in [5.74, 6) is -1.22. The molecule has 8 heteroatoms. The maximum Gasteiger partial charge on any atom is 0.407 e. The molecule has 4 aromatic carbocycles. The number of alkyl carbamates (subject to hydrolysis) is 1. The van der Waals surface area contributed by atoms with E-state index in [9.17, 15) is 19.5 Å². The Morgan fingerprint density at radius 1 is 0.714 bits per heavy atom. The Morgan fingerprint density at radius 3 is 1.88 bits per heavy atom. The molecule has 1 aliphatic carbocycles. The third kappa shape index (κ3) is 6.61. The van der Waals surface area contributed by atoms with Crippen molar-refractivity contribution in [3.05, 3.63) is 125 Å². The lowest BCUT2D eigenvalue weighted by molar-refractivity contribution is -0.145. The largest absolute Gasteiger partial charge is 0.508 e. The first-order chi connectivity index (χ1) is 20.4. The number of ether oxygens (including phenoxy) is 2. The highest BCUT2D eigenvalue weighted by molar-refractivity contribution is 5.90. The van der Waals surface area contributed by atoms with Gasteiger partial charge in [0.1, 0.15) is 24.4 Å². The Kier molecular flexibility index (Phi) is 8.82. The molecule has 2 atom stereocenters. The molecule has 0 spiro atoms. The summed E-state index contributed by atoms with van der Waals surface area (Å²) >= 11 is 0. The van der Waals surface area contributed by atoms with Crippen molar-refractivity contribution in [2.45, 2.75) is 30.8 Å². The van der Waals surface area contributed by atoms with Crippen LogP contribution in [0, 0.1) is 0 Å². The molecule has 8 nitrogen and oxygen atoms in total. The fourth-order valence-corrected chi connectivity index (χ4v) is 5.32. The Hall–Kier alpha value is -5.11. The number of esters is 1. The van der Waals surface area contributed by atoms with Crippen molar-refractivity contribution in [2.24, 2.45) is 0 Å². The Balaban J connectivity index is 1.29. The fraction of sp³-hybridized carbons (Fsp3) is 0.206. The van der Waals surface area contributed by atoms with Crippen LogP contribution < -0.4 is 10.6 Å². The van der Waals surface area contributed by atoms with Crippen LogP contribution in [0.2, 0.25) is 0 Å². The molecule has 214 valence electrons. The molecule has 0 aliphatic heterocycles. The summed E-state index contributed by atoms with van der Waals surface area (Å²) in [6.07, 6.45) is -0.410. The smallest absolute Gasteiger partial charge is 0.407 e. The maximum absolute atomic E-state index is 13.5. The number of hydrogen-bond acceptors (Lipinski definition) is 6. The number of methoxy groups -OCH3 is 1. The number of carbonyl (C=O) groups excluding carboxylic acids is 3. The zero-order chi connectivity index (χ0) is 29.5. The second-order valence-electron chi connectivity index (χ2n) is 10.2. The van der Waals surface area contributed by atoms with E-state index in [-0.39, 0.29) is 31.1 Å². The van der Waals surface area contributed by atoms with Gasteiger partial charge in [0, 0.05) is 18.8 Å². The van der Waals surface area contributed by atoms with Crippen molar-refractivity contribution in [3.8, 4) is 16.9 Å². The zero-order valence-corrected chi connectivity index (χ0v) is 23.2. The van der Waals surface area contributed by atoms with Crippen LogP contribution in [-0.4, -0.2) is 48.9 Å². The number of fused-ring (bicyclic) bond motifs is 3. The Labute approximate surface area is 244 Å². The molecule has 0 saturated heterocycles. The van der Waals surface area contributed by atoms with Gasteiger partial charge in [-0.1, -0.05) is 91.0 Å². The molecule has 0 saturated carbocycles. The van der Waals surface area contributed by atoms with E-state index in [1.807, 2.05) is 66.7 Å². The summed E-state index contributed by atoms with van der Waals surface area (Å²) in [7, 11) is 1.24. The SMILES string of the molecule is COC(=O)[C@H](Cc1ccc(O)cc1)NC(=O)[C@H](Cc1ccccc1)NC(=O)OCC1c2ccccc2-c2ccccc21. The number of nitrogens with one attached hydrogen (secondary N) is 2. The Morgan fingerprint density at radius 2 is 1.26 bits per heavy atom. The molecule has 5 rings (SSSR count). The third-order valence-corrected chi connectivity index (χ3v) is 7.41. The summed E-state index contributed by atoms with van der Waals surface area (Å²) in [5.41, 5.74) is 5.94. The number of carbonyl (C=O) groups is 3. The fourth-order valence-electron chi connectivity index (χ4n) is 5.32. The van der Waals surface area contributed by atoms with Crippen molar-refractivity contribution in [2.75, 3.05) is 13.7 Å². The lowest BCUT2D eigenvalue weighted by atomic mass is 9.98. The predicted octanol–water partition coefficient (Wildman–Crippen LogP) is 4.74. The molecule has 4 aromatic rings. The van der Waals surface area contributed by atoms with E-state index >= 15 is 0 Å². The number of amides is 2. The molecule has 0 bridgehead atoms. The molecule has 3 N–H and O–H groups in total. The molecule has 0 heterocycles. The van der Waals surface area contributed by atoms with Gasteiger partial charge in [-0.05, 0) is 45.5 Å². The highest BCUT2D eigenvalue weighted by Crippen LogP contribution is 2.44. The first kappa shape index (κ1) is 28.4. The van der Waals surface area contributed by atoms with Gasteiger partial charge in [0.05, 0.1) is 7.11 Å². The van der Waals surface area contributed by atoms with Crippen LogP contribution in [0.3, 0.4) is 0 Å². The second kappa shape index (κ2) is 13.0. The number of hydrogen-bond donors (Lipinski definition) is 3. The molecule has 42 heavy (non-hydrogen) atoms. The van der Waals surface area contributed by atoms with Gasteiger partial charge in [0.25, 0.3) is 0 Å². The minimum absolute atomic E-state index is 0.0904. The van der Waals surface area contributed by atoms with Gasteiger partial charge in [-0.3, -0.25) is 4.79 Å². The number of phenols is 1. The van der Waals surface area contributed by atoms with E-state index in [4.69, 9.17) is 9.47 Å². The van der Waals surface area contributed by atoms with Crippen LogP contribution in [0.1, 0.15) is 28.2 Å². The average Bonchev–Trinajstić information content (AvgIpc) is 3.34. The van der Waals surface area contributed by atoms with Crippen LogP contribution in [-0.2, 0) is 31.9 Å². The summed E-state index contributed by atoms with van der Waals surface area (Å²) in [5, 5.41) is 15.0. The van der Waals surface area contributed by atoms with Gasteiger partial charge < -0.3 is 25.2 Å². The minimum atomic E-state index is -1.02. The van der Waals surface area contributed by atoms with Crippen LogP contribution in [0.5, 0.6) is 5.75 Å². The highest BCUT2D eigenvalue weighted by Gasteiger charge is 2.31. The van der Waals surface area contributed by atoms with Gasteiger partial charge in [-0.25, -0.2) is 9.59 Å². The normalized spacial score (nSPS) is 13.3. The summed E-state index contributed by atoms with van der Waals surface area (Å²) in [4.78, 5) is 39.2. The molecule has 0 fully saturated rings. The van der Waals surface area contributed by atoms with E-state index in [0.717, 1.165) is 27.8 Å². The van der Waals surface area contributed by atoms with Gasteiger partial charge >= 0.3 is 12.1 Å². The number of benzene rings is 4. The van der Waals surface area contributed by atoms with Crippen LogP contribution in [0.25, 0.3) is 11.1 Å². The number of aromatic hydroxyl groups is 1. The standard InChI is InChI=1S/C34H32N2O6/c1-41-33(39)31(20-23-15-17-24(37)18-16-23)35-32(38)30(19-22-9-3-2-4-10-22)36-34(40)42-21-29-27-13-7-5-11-25(27)26-12-6-8-14-28(26)29/h2-18,29-31,37H,19-21H2,1H3,(H,35,38)(H,36,40)/t30-,31-/m0/s1. The molecule has 0 aromatic heterocycles. The van der Waals surface area contributed by atoms with Crippen molar-refractivity contribution in [1.29, 1.82) is 0 Å². The molecule has 1 aliphatic rings. The molecule has 2 amide bonds. The second-order valence-corrected chi connectivity index (χ2v) is 10.2. The van der Waals surface area contributed by atoms with E-state index in [0.29, 0.717) is 5.56 Å². The molecular weight excluding hydrogens is 532 g/mol. The quantitative estimate of drug-likeness (QED) is 0.240. The zero-order valence-electron chi connectivity index (χ0n) is 23.2. The van der Waals surface area contributed by atoms with Crippen molar-refractivity contribution >= 4 is 18.0 Å². The third-order valence-electron chi connectivity index (χ3n) is 7.41. The first-order valence-corrected chi connectivity index (χ1v) is 13.7. The lowest BCUT2D eigenvalue weighted by Crippen LogP contribution is -2.53. The lowest BCUT2D eigenvalue weighted by Gasteiger charge is -2.23. The number of rotatable bonds is 10. The van der Waals surface area contributed by atoms with E-state index in [1.54, 1.807) is 12.1 Å². The van der Waals surface area contributed by atoms with E-state index in [1.165, 1.54) is 19.2 Å². The van der Waals surface area contributed by atoms with Crippen molar-refractivity contribution < 1.29 is 29.0 Å². The predicted molar refractivity (Wildman–Crippen MR) is 158 cm³/mol. The molecular formula is C34H32N2O6. The summed E-state index contributed by atoms with van der Waals surface area (Å²) < 4.78 is 10.6. The van der Waals surface area contributed by atoms with Crippen LogP contribution in [0.4, 0.5) is 4.79 Å². The van der Waals surface area contributed by atoms with E-state index in [2.05, 4.69) is 22.8 Å². The van der Waals surface area contributed by atoms with Crippen molar-refractivity contribution in [1.82, 2.24) is 10.6 Å². The topological polar surface area (TPSA) is 114 Å². The van der Waals surface area contributed by atoms with Gasteiger partial charge in [0.2, 0.25) is 5.91 Å². The average molecular weight is 565 g/mol. The van der Waals surface area contributed by atoms with Crippen LogP contribution >= 0.6 is 0 Å². The summed E-state index contributed by atoms with van der Waals surface area (Å²) in [6, 6.07) is 29.7. The number of phenolic OH excluding ortho intramolecular Hbond substituents is 1. The van der Waals surface area contributed by atoms with Gasteiger partial charge in [0.15, 0.2) is 0 Å². The molecule has 0 unspecified atom stereocenters. The summed E-state index contributed by atoms with van der Waals surface area (Å²) in [6.45, 7) is 0.102. The highest BCUT2D eigenvalue weighted by atomic mass is 16.5. The van der Waals surface area contributed by atoms with Crippen LogP contribution in [0.15, 0.2) is 103 Å². The van der Waals surface area contributed by atoms with Crippen molar-refractivity contribution in [3.63, 3.8) is 0 Å². The maximum atomic E-state index is 13.5. The monoisotopic (exact) mass is 564 g/mol. The molecule has 0 radical (unpaired) electrons. The van der Waals surface area contributed by atoms with E-state index < -0.39 is 30.1 Å². The first-order valence-electron chi connectivity index (χ1n) is 13.7. The Bertz CT molecular complexity index is 1510. The minimum Gasteiger partial charge on any atom is -0.508 e.